The van der Waals surface area contributed by atoms with Gasteiger partial charge in [0.25, 0.3) is 0 Å². The monoisotopic (exact) mass is 449 g/mol. The van der Waals surface area contributed by atoms with Crippen LogP contribution in [0, 0.1) is 0 Å². The molecule has 0 fully saturated rings. The van der Waals surface area contributed by atoms with Crippen molar-refractivity contribution in [3.05, 3.63) is 66.2 Å². The third-order valence-electron chi connectivity index (χ3n) is 3.86. The number of nitrogens with two attached hydrogens (primary N) is 1. The molecule has 0 saturated heterocycles. The van der Waals surface area contributed by atoms with Crippen LogP contribution in [0.4, 0.5) is 0 Å². The molecule has 2 aromatic carbocycles. The van der Waals surface area contributed by atoms with E-state index in [2.05, 4.69) is 10.6 Å². The Labute approximate surface area is 169 Å². The second-order valence-corrected chi connectivity index (χ2v) is 8.25. The zero-order chi connectivity index (χ0) is 20.4. The zero-order valence-corrected chi connectivity index (χ0v) is 16.9. The van der Waals surface area contributed by atoms with E-state index in [0.29, 0.717) is 6.42 Å². The van der Waals surface area contributed by atoms with Crippen molar-refractivity contribution in [2.45, 2.75) is 18.5 Å². The Kier molecular flexibility index (Phi) is 8.84. The second kappa shape index (κ2) is 11.4. The van der Waals surface area contributed by atoms with Crippen LogP contribution in [-0.4, -0.2) is 61.8 Å². The average molecular weight is 448 g/mol. The molecule has 0 aliphatic heterocycles. The van der Waals surface area contributed by atoms with E-state index in [-0.39, 0.29) is 11.2 Å². The molecular formula is C20H23N3O4Se. The van der Waals surface area contributed by atoms with Gasteiger partial charge in [-0.25, -0.2) is 0 Å². The van der Waals surface area contributed by atoms with Crippen molar-refractivity contribution in [2.24, 2.45) is 5.73 Å². The summed E-state index contributed by atoms with van der Waals surface area (Å²) in [5.41, 5.74) is 6.14. The quantitative estimate of drug-likeness (QED) is 0.337. The Morgan fingerprint density at radius 2 is 1.54 bits per heavy atom. The molecule has 0 unspecified atom stereocenters. The number of benzene rings is 2. The Hall–Kier alpha value is -2.51. The number of hydrogen-bond acceptors (Lipinski definition) is 5. The summed E-state index contributed by atoms with van der Waals surface area (Å²) in [6, 6.07) is 16.8. The summed E-state index contributed by atoms with van der Waals surface area (Å²) in [6.07, 6.45) is 0.322. The molecule has 0 aliphatic carbocycles. The van der Waals surface area contributed by atoms with Gasteiger partial charge in [0.05, 0.1) is 0 Å². The van der Waals surface area contributed by atoms with E-state index in [0.717, 1.165) is 10.0 Å². The van der Waals surface area contributed by atoms with Crippen molar-refractivity contribution in [3.63, 3.8) is 0 Å². The third kappa shape index (κ3) is 6.90. The second-order valence-electron chi connectivity index (χ2n) is 5.99. The van der Waals surface area contributed by atoms with E-state index in [1.165, 1.54) is 0 Å². The number of rotatable bonds is 10. The molecule has 148 valence electrons. The maximum atomic E-state index is 12.9. The van der Waals surface area contributed by atoms with Crippen LogP contribution in [0.25, 0.3) is 0 Å². The van der Waals surface area contributed by atoms with Crippen LogP contribution >= 0.6 is 0 Å². The summed E-state index contributed by atoms with van der Waals surface area (Å²) in [4.78, 5) is 36.8. The molecular weight excluding hydrogens is 425 g/mol. The number of amides is 2. The van der Waals surface area contributed by atoms with Gasteiger partial charge in [0, 0.05) is 0 Å². The summed E-state index contributed by atoms with van der Waals surface area (Å²) >= 11 is -0.483. The molecule has 0 spiro atoms. The molecule has 0 aromatic heterocycles. The van der Waals surface area contributed by atoms with Crippen LogP contribution in [-0.2, 0) is 20.8 Å². The summed E-state index contributed by atoms with van der Waals surface area (Å²) in [6.45, 7) is -0.888. The van der Waals surface area contributed by atoms with Crippen molar-refractivity contribution in [3.8, 4) is 0 Å². The topological polar surface area (TPSA) is 122 Å². The number of aliphatic hydroxyl groups is 1. The molecule has 2 atom stereocenters. The summed E-state index contributed by atoms with van der Waals surface area (Å²) < 4.78 is 0.806. The molecule has 0 saturated carbocycles. The first-order valence-corrected chi connectivity index (χ1v) is 10.5. The predicted molar refractivity (Wildman–Crippen MR) is 107 cm³/mol. The fourth-order valence-corrected chi connectivity index (χ4v) is 4.14. The Bertz CT molecular complexity index is 787. The molecule has 0 bridgehead atoms. The molecule has 5 N–H and O–H groups in total. The van der Waals surface area contributed by atoms with Crippen molar-refractivity contribution in [1.29, 1.82) is 0 Å². The van der Waals surface area contributed by atoms with Gasteiger partial charge in [-0.2, -0.15) is 0 Å². The van der Waals surface area contributed by atoms with Crippen LogP contribution in [0.1, 0.15) is 5.56 Å². The first-order chi connectivity index (χ1) is 13.5. The van der Waals surface area contributed by atoms with Gasteiger partial charge >= 0.3 is 170 Å². The van der Waals surface area contributed by atoms with Gasteiger partial charge in [-0.15, -0.1) is 0 Å². The van der Waals surface area contributed by atoms with Gasteiger partial charge in [0.1, 0.15) is 0 Å². The maximum absolute atomic E-state index is 12.9. The van der Waals surface area contributed by atoms with Gasteiger partial charge in [0.2, 0.25) is 0 Å². The van der Waals surface area contributed by atoms with E-state index in [1.807, 2.05) is 60.7 Å². The van der Waals surface area contributed by atoms with Crippen LogP contribution < -0.4 is 20.8 Å². The number of aliphatic hydroxyl groups excluding tert-OH is 1. The SMILES string of the molecule is NCC(=O)N[C@@H](CO)C(=O)N[C@@H](Cc1ccccc1)C(=O)[Se]c1ccccc1. The van der Waals surface area contributed by atoms with E-state index < -0.39 is 45.5 Å². The Morgan fingerprint density at radius 1 is 0.929 bits per heavy atom. The summed E-state index contributed by atoms with van der Waals surface area (Å²) in [5, 5.41) is 14.4. The fraction of sp³-hybridized carbons (Fsp3) is 0.250. The first kappa shape index (κ1) is 21.8. The van der Waals surface area contributed by atoms with Crippen molar-refractivity contribution >= 4 is 35.9 Å². The molecule has 7 nitrogen and oxygen atoms in total. The molecule has 0 heterocycles. The van der Waals surface area contributed by atoms with Gasteiger partial charge in [-0.3, -0.25) is 0 Å². The van der Waals surface area contributed by atoms with Crippen LogP contribution in [0.3, 0.4) is 0 Å². The number of carbonyl (C=O) groups excluding carboxylic acids is 3. The molecule has 0 aliphatic rings. The van der Waals surface area contributed by atoms with Crippen molar-refractivity contribution < 1.29 is 19.5 Å². The number of carbonyl (C=O) groups is 3. The average Bonchev–Trinajstić information content (AvgIpc) is 2.72. The molecule has 0 radical (unpaired) electrons. The number of nitrogens with one attached hydrogen (secondary N) is 2. The predicted octanol–water partition coefficient (Wildman–Crippen LogP) is -1.29. The van der Waals surface area contributed by atoms with Crippen LogP contribution in [0.5, 0.6) is 0 Å². The van der Waals surface area contributed by atoms with E-state index in [4.69, 9.17) is 5.73 Å². The molecule has 28 heavy (non-hydrogen) atoms. The van der Waals surface area contributed by atoms with E-state index >= 15 is 0 Å². The summed E-state index contributed by atoms with van der Waals surface area (Å²) in [5.74, 6) is -1.18. The molecule has 8 heteroatoms. The molecule has 2 aromatic rings. The van der Waals surface area contributed by atoms with E-state index in [1.54, 1.807) is 0 Å². The normalized spacial score (nSPS) is 12.6. The van der Waals surface area contributed by atoms with Gasteiger partial charge in [0.15, 0.2) is 0 Å². The third-order valence-corrected chi connectivity index (χ3v) is 5.95. The van der Waals surface area contributed by atoms with Gasteiger partial charge in [-0.1, -0.05) is 0 Å². The van der Waals surface area contributed by atoms with Gasteiger partial charge in [-0.05, 0) is 0 Å². The minimum absolute atomic E-state index is 0.0993. The Morgan fingerprint density at radius 3 is 2.11 bits per heavy atom. The molecule has 2 amide bonds. The van der Waals surface area contributed by atoms with Crippen molar-refractivity contribution in [2.75, 3.05) is 13.2 Å². The van der Waals surface area contributed by atoms with Crippen LogP contribution in [0.2, 0.25) is 0 Å². The summed E-state index contributed by atoms with van der Waals surface area (Å²) in [7, 11) is 0. The zero-order valence-electron chi connectivity index (χ0n) is 15.2. The minimum atomic E-state index is -1.16. The molecule has 2 rings (SSSR count). The van der Waals surface area contributed by atoms with Crippen LogP contribution in [0.15, 0.2) is 60.7 Å². The fourth-order valence-electron chi connectivity index (χ4n) is 2.44. The van der Waals surface area contributed by atoms with E-state index in [9.17, 15) is 19.5 Å². The number of hydrogen-bond donors (Lipinski definition) is 4. The van der Waals surface area contributed by atoms with Crippen molar-refractivity contribution in [1.82, 2.24) is 10.6 Å². The standard InChI is InChI=1S/C20H23N3O4Se/c21-12-18(25)22-17(13-24)19(26)23-16(11-14-7-3-1-4-8-14)20(27)28-15-9-5-2-6-10-15/h1-10,16-17,24H,11-13,21H2,(H,22,25)(H,23,26)/t16-,17-/m0/s1. The van der Waals surface area contributed by atoms with Gasteiger partial charge < -0.3 is 0 Å². The Balaban J connectivity index is 2.13. The first-order valence-electron chi connectivity index (χ1n) is 8.74.